The molecule has 0 heterocycles. The molecule has 1 unspecified atom stereocenters. The monoisotopic (exact) mass is 202 g/mol. The van der Waals surface area contributed by atoms with Crippen molar-refractivity contribution in [2.45, 2.75) is 26.4 Å². The van der Waals surface area contributed by atoms with Crippen molar-refractivity contribution in [3.05, 3.63) is 0 Å². The zero-order valence-electron chi connectivity index (χ0n) is 7.62. The van der Waals surface area contributed by atoms with E-state index in [0.29, 0.717) is 0 Å². The Labute approximate surface area is 82.6 Å². The second-order valence-electron chi connectivity index (χ2n) is 2.39. The van der Waals surface area contributed by atoms with Gasteiger partial charge >= 0.3 is 5.97 Å². The number of hydrogen-bond acceptors (Lipinski definition) is 4. The Morgan fingerprint density at radius 2 is 2.23 bits per heavy atom. The van der Waals surface area contributed by atoms with Crippen LogP contribution in [-0.2, 0) is 14.3 Å². The highest BCUT2D eigenvalue weighted by atomic mass is 32.1. The molecule has 1 N–H and O–H groups in total. The molecule has 0 aliphatic rings. The van der Waals surface area contributed by atoms with Crippen LogP contribution >= 0.6 is 12.2 Å². The van der Waals surface area contributed by atoms with Gasteiger partial charge in [-0.3, -0.25) is 9.59 Å². The van der Waals surface area contributed by atoms with Gasteiger partial charge in [0.25, 0.3) is 0 Å². The van der Waals surface area contributed by atoms with Gasteiger partial charge in [0.05, 0.1) is 11.9 Å². The second-order valence-corrected chi connectivity index (χ2v) is 2.62. The minimum Gasteiger partial charge on any atom is -0.455 e. The number of rotatable bonds is 5. The molecule has 73 valence electrons. The van der Waals surface area contributed by atoms with Crippen molar-refractivity contribution in [3.8, 4) is 0 Å². The molecule has 0 aromatic rings. The van der Waals surface area contributed by atoms with Crippen molar-refractivity contribution in [3.63, 3.8) is 0 Å². The number of carbonyl (C=O) groups excluding carboxylic acids is 2. The molecule has 5 heteroatoms. The average Bonchev–Trinajstić information content (AvgIpc) is 2.11. The summed E-state index contributed by atoms with van der Waals surface area (Å²) >= 11 is 4.51. The van der Waals surface area contributed by atoms with Gasteiger partial charge in [-0.05, 0) is 0 Å². The molecule has 0 saturated heterocycles. The van der Waals surface area contributed by atoms with Crippen LogP contribution in [0.5, 0.6) is 0 Å². The molecule has 0 bridgehead atoms. The molecule has 0 rings (SSSR count). The summed E-state index contributed by atoms with van der Waals surface area (Å²) < 4.78 is 4.83. The van der Waals surface area contributed by atoms with Gasteiger partial charge in [0, 0.05) is 13.3 Å². The third-order valence-corrected chi connectivity index (χ3v) is 1.49. The molecule has 0 spiro atoms. The Kier molecular flexibility index (Phi) is 6.05. The maximum Gasteiger partial charge on any atom is 0.306 e. The molecule has 0 aliphatic heterocycles. The maximum absolute atomic E-state index is 10.8. The van der Waals surface area contributed by atoms with Crippen molar-refractivity contribution in [2.75, 3.05) is 6.54 Å². The lowest BCUT2D eigenvalue weighted by atomic mass is 10.4. The first-order valence-corrected chi connectivity index (χ1v) is 4.32. The summed E-state index contributed by atoms with van der Waals surface area (Å²) in [6.07, 6.45) is -0.348. The molecule has 1 atom stereocenters. The number of thiocarbonyl (C=S) groups is 1. The topological polar surface area (TPSA) is 55.4 Å². The second kappa shape index (κ2) is 6.54. The van der Waals surface area contributed by atoms with E-state index < -0.39 is 6.10 Å². The molecule has 1 radical (unpaired) electrons. The van der Waals surface area contributed by atoms with E-state index in [4.69, 9.17) is 4.74 Å². The summed E-state index contributed by atoms with van der Waals surface area (Å²) in [6.45, 7) is 3.24. The molecular formula is C8H12NO3S. The minimum atomic E-state index is -0.633. The fraction of sp³-hybridized carbons (Fsp3) is 0.625. The van der Waals surface area contributed by atoms with Gasteiger partial charge in [-0.2, -0.15) is 0 Å². The fourth-order valence-electron chi connectivity index (χ4n) is 0.586. The third-order valence-electron chi connectivity index (χ3n) is 1.23. The molecule has 0 aromatic heterocycles. The highest BCUT2D eigenvalue weighted by Gasteiger charge is 2.10. The zero-order chi connectivity index (χ0) is 10.3. The Morgan fingerprint density at radius 3 is 2.62 bits per heavy atom. The minimum absolute atomic E-state index is 0.185. The Hall–Kier alpha value is -0.970. The van der Waals surface area contributed by atoms with Gasteiger partial charge < -0.3 is 10.1 Å². The van der Waals surface area contributed by atoms with Crippen LogP contribution in [0.4, 0.5) is 0 Å². The predicted octanol–water partition coefficient (Wildman–Crippen LogP) is 0.321. The number of esters is 1. The van der Waals surface area contributed by atoms with Crippen LogP contribution in [0.1, 0.15) is 20.3 Å². The molecule has 0 aromatic carbocycles. The molecule has 13 heavy (non-hydrogen) atoms. The standard InChI is InChI=1S/C8H12NO3S/c1-3-8(11)12-7(5-13)4-9-6(2)10/h7H,3-4H2,1-2H3,(H,9,10). The lowest BCUT2D eigenvalue weighted by molar-refractivity contribution is -0.145. The summed E-state index contributed by atoms with van der Waals surface area (Å²) in [7, 11) is 0. The zero-order valence-corrected chi connectivity index (χ0v) is 8.44. The predicted molar refractivity (Wildman–Crippen MR) is 51.5 cm³/mol. The van der Waals surface area contributed by atoms with Gasteiger partial charge in [0.15, 0.2) is 6.10 Å². The average molecular weight is 202 g/mol. The normalized spacial score (nSPS) is 11.5. The Balaban J connectivity index is 3.82. The van der Waals surface area contributed by atoms with Crippen molar-refractivity contribution in [2.24, 2.45) is 0 Å². The largest absolute Gasteiger partial charge is 0.455 e. The quantitative estimate of drug-likeness (QED) is 0.515. The van der Waals surface area contributed by atoms with E-state index in [1.54, 1.807) is 6.92 Å². The first-order chi connectivity index (χ1) is 6.10. The van der Waals surface area contributed by atoms with E-state index in [2.05, 4.69) is 22.9 Å². The Bertz CT molecular complexity index is 206. The number of nitrogens with one attached hydrogen (secondary N) is 1. The van der Waals surface area contributed by atoms with Gasteiger partial charge in [0.2, 0.25) is 5.91 Å². The highest BCUT2D eigenvalue weighted by Crippen LogP contribution is 1.92. The molecule has 4 nitrogen and oxygen atoms in total. The number of carbonyl (C=O) groups is 2. The summed E-state index contributed by atoms with van der Waals surface area (Å²) in [5.41, 5.74) is 0. The van der Waals surface area contributed by atoms with E-state index in [-0.39, 0.29) is 24.8 Å². The Morgan fingerprint density at radius 1 is 1.62 bits per heavy atom. The van der Waals surface area contributed by atoms with Crippen LogP contribution in [0.2, 0.25) is 0 Å². The smallest absolute Gasteiger partial charge is 0.306 e. The van der Waals surface area contributed by atoms with Crippen LogP contribution in [0.25, 0.3) is 0 Å². The van der Waals surface area contributed by atoms with Gasteiger partial charge in [-0.25, -0.2) is 0 Å². The van der Waals surface area contributed by atoms with Gasteiger partial charge in [-0.1, -0.05) is 19.1 Å². The van der Waals surface area contributed by atoms with Crippen LogP contribution < -0.4 is 5.32 Å². The summed E-state index contributed by atoms with van der Waals surface area (Å²) in [5, 5.41) is 4.83. The van der Waals surface area contributed by atoms with E-state index in [9.17, 15) is 9.59 Å². The molecule has 0 saturated carbocycles. The first kappa shape index (κ1) is 12.0. The van der Waals surface area contributed by atoms with Crippen molar-refractivity contribution in [1.82, 2.24) is 5.32 Å². The lowest BCUT2D eigenvalue weighted by Crippen LogP contribution is -2.34. The van der Waals surface area contributed by atoms with Crippen LogP contribution in [0.15, 0.2) is 0 Å². The molecule has 1 amide bonds. The lowest BCUT2D eigenvalue weighted by Gasteiger charge is -2.11. The summed E-state index contributed by atoms with van der Waals surface area (Å²) in [4.78, 5) is 21.3. The van der Waals surface area contributed by atoms with E-state index in [0.717, 1.165) is 0 Å². The highest BCUT2D eigenvalue weighted by molar-refractivity contribution is 7.79. The SMILES string of the molecule is CCC(=O)OC([C]=S)CNC(C)=O. The van der Waals surface area contributed by atoms with Crippen molar-refractivity contribution < 1.29 is 14.3 Å². The number of ether oxygens (including phenoxy) is 1. The number of amides is 1. The maximum atomic E-state index is 10.8. The molecule has 0 aliphatic carbocycles. The molecular weight excluding hydrogens is 190 g/mol. The van der Waals surface area contributed by atoms with Crippen molar-refractivity contribution >= 4 is 29.5 Å². The van der Waals surface area contributed by atoms with Gasteiger partial charge in [-0.15, -0.1) is 0 Å². The van der Waals surface area contributed by atoms with E-state index in [1.807, 2.05) is 0 Å². The van der Waals surface area contributed by atoms with Crippen LogP contribution in [-0.4, -0.2) is 29.9 Å². The van der Waals surface area contributed by atoms with Crippen molar-refractivity contribution in [1.29, 1.82) is 0 Å². The van der Waals surface area contributed by atoms with Crippen LogP contribution in [0, 0.1) is 0 Å². The third kappa shape index (κ3) is 6.21. The number of hydrogen-bond donors (Lipinski definition) is 1. The van der Waals surface area contributed by atoms with E-state index >= 15 is 0 Å². The summed E-state index contributed by atoms with van der Waals surface area (Å²) in [5.74, 6) is -0.546. The van der Waals surface area contributed by atoms with Gasteiger partial charge in [0.1, 0.15) is 0 Å². The summed E-state index contributed by atoms with van der Waals surface area (Å²) in [6, 6.07) is 0. The fourth-order valence-corrected chi connectivity index (χ4v) is 0.717. The molecule has 0 fully saturated rings. The van der Waals surface area contributed by atoms with E-state index in [1.165, 1.54) is 6.92 Å². The first-order valence-electron chi connectivity index (χ1n) is 3.91. The van der Waals surface area contributed by atoms with Crippen LogP contribution in [0.3, 0.4) is 0 Å².